The van der Waals surface area contributed by atoms with Gasteiger partial charge in [0.25, 0.3) is 5.95 Å². The number of rotatable bonds is 2. The van der Waals surface area contributed by atoms with Gasteiger partial charge in [0.1, 0.15) is 5.82 Å². The van der Waals surface area contributed by atoms with E-state index in [4.69, 9.17) is 5.73 Å². The molecule has 0 atom stereocenters. The van der Waals surface area contributed by atoms with E-state index >= 15 is 0 Å². The molecule has 0 spiro atoms. The normalized spacial score (nSPS) is 11.7. The van der Waals surface area contributed by atoms with Crippen LogP contribution in [0.4, 0.5) is 5.82 Å². The van der Waals surface area contributed by atoms with Gasteiger partial charge in [0.2, 0.25) is 0 Å². The number of nitrogens with two attached hydrogens (primary N) is 1. The number of aromatic nitrogens is 4. The Balaban J connectivity index is 2.32. The highest BCUT2D eigenvalue weighted by Gasteiger charge is 2.16. The molecule has 0 fully saturated rings. The third-order valence-corrected chi connectivity index (χ3v) is 2.24. The summed E-state index contributed by atoms with van der Waals surface area (Å²) in [6.45, 7) is 6.50. The topological polar surface area (TPSA) is 69.6 Å². The van der Waals surface area contributed by atoms with Crippen LogP contribution in [0.1, 0.15) is 26.5 Å². The molecule has 0 saturated heterocycles. The minimum Gasteiger partial charge on any atom is -0.383 e. The Morgan fingerprint density at radius 3 is 2.47 bits per heavy atom. The number of hydrogen-bond acceptors (Lipinski definition) is 4. The molecule has 17 heavy (non-hydrogen) atoms. The van der Waals surface area contributed by atoms with E-state index in [-0.39, 0.29) is 5.41 Å². The lowest BCUT2D eigenvalue weighted by Crippen LogP contribution is -2.10. The SMILES string of the molecule is CC(C)(C)Cc1cc(N)n(-c2ncccn2)n1. The summed E-state index contributed by atoms with van der Waals surface area (Å²) in [5.74, 6) is 1.07. The van der Waals surface area contributed by atoms with Gasteiger partial charge in [-0.15, -0.1) is 0 Å². The van der Waals surface area contributed by atoms with Crippen molar-refractivity contribution in [2.75, 3.05) is 5.73 Å². The maximum absolute atomic E-state index is 5.91. The number of hydrogen-bond donors (Lipinski definition) is 1. The van der Waals surface area contributed by atoms with E-state index in [0.29, 0.717) is 11.8 Å². The standard InChI is InChI=1S/C12H17N5/c1-12(2,3)8-9-7-10(13)17(16-9)11-14-5-4-6-15-11/h4-7H,8,13H2,1-3H3. The van der Waals surface area contributed by atoms with Crippen molar-refractivity contribution in [1.82, 2.24) is 19.7 Å². The van der Waals surface area contributed by atoms with Crippen LogP contribution >= 0.6 is 0 Å². The van der Waals surface area contributed by atoms with E-state index in [0.717, 1.165) is 12.1 Å². The number of nitrogens with zero attached hydrogens (tertiary/aromatic N) is 4. The molecule has 0 aliphatic heterocycles. The van der Waals surface area contributed by atoms with Crippen molar-refractivity contribution in [3.05, 3.63) is 30.2 Å². The quantitative estimate of drug-likeness (QED) is 0.856. The molecule has 2 aromatic heterocycles. The molecule has 5 nitrogen and oxygen atoms in total. The first kappa shape index (κ1) is 11.6. The van der Waals surface area contributed by atoms with Gasteiger partial charge in [0.05, 0.1) is 5.69 Å². The summed E-state index contributed by atoms with van der Waals surface area (Å²) in [5, 5.41) is 4.43. The Hall–Kier alpha value is -1.91. The lowest BCUT2D eigenvalue weighted by Gasteiger charge is -2.15. The summed E-state index contributed by atoms with van der Waals surface area (Å²) in [4.78, 5) is 8.26. The lowest BCUT2D eigenvalue weighted by molar-refractivity contribution is 0.405. The number of nitrogen functional groups attached to an aromatic ring is 1. The van der Waals surface area contributed by atoms with Gasteiger partial charge in [0, 0.05) is 18.5 Å². The Kier molecular flexibility index (Phi) is 2.83. The zero-order chi connectivity index (χ0) is 12.5. The molecule has 0 aliphatic rings. The summed E-state index contributed by atoms with van der Waals surface area (Å²) >= 11 is 0. The van der Waals surface area contributed by atoms with Crippen molar-refractivity contribution in [2.24, 2.45) is 5.41 Å². The smallest absolute Gasteiger partial charge is 0.252 e. The molecule has 0 aliphatic carbocycles. The molecule has 0 bridgehead atoms. The van der Waals surface area contributed by atoms with Crippen molar-refractivity contribution in [3.63, 3.8) is 0 Å². The van der Waals surface area contributed by atoms with Crippen LogP contribution in [0.25, 0.3) is 5.95 Å². The van der Waals surface area contributed by atoms with E-state index < -0.39 is 0 Å². The first-order valence-corrected chi connectivity index (χ1v) is 5.57. The van der Waals surface area contributed by atoms with Crippen LogP contribution in [-0.4, -0.2) is 19.7 Å². The molecule has 2 rings (SSSR count). The van der Waals surface area contributed by atoms with Crippen molar-refractivity contribution < 1.29 is 0 Å². The predicted octanol–water partition coefficient (Wildman–Crippen LogP) is 1.83. The van der Waals surface area contributed by atoms with Crippen LogP contribution in [0.3, 0.4) is 0 Å². The fraction of sp³-hybridized carbons (Fsp3) is 0.417. The second-order valence-electron chi connectivity index (χ2n) is 5.26. The highest BCUT2D eigenvalue weighted by Crippen LogP contribution is 2.21. The van der Waals surface area contributed by atoms with Gasteiger partial charge in [-0.1, -0.05) is 20.8 Å². The molecular weight excluding hydrogens is 214 g/mol. The molecule has 0 radical (unpaired) electrons. The third kappa shape index (κ3) is 2.81. The average molecular weight is 231 g/mol. The van der Waals surface area contributed by atoms with Gasteiger partial charge < -0.3 is 5.73 Å². The Labute approximate surface area is 101 Å². The second kappa shape index (κ2) is 4.16. The first-order chi connectivity index (χ1) is 7.96. The van der Waals surface area contributed by atoms with E-state index in [1.165, 1.54) is 0 Å². The molecule has 2 N–H and O–H groups in total. The highest BCUT2D eigenvalue weighted by atomic mass is 15.4. The van der Waals surface area contributed by atoms with Crippen LogP contribution in [0.2, 0.25) is 0 Å². The average Bonchev–Trinajstić information content (AvgIpc) is 2.58. The molecule has 0 unspecified atom stereocenters. The molecule has 0 saturated carbocycles. The largest absolute Gasteiger partial charge is 0.383 e. The molecule has 0 amide bonds. The third-order valence-electron chi connectivity index (χ3n) is 2.24. The fourth-order valence-corrected chi connectivity index (χ4v) is 1.64. The van der Waals surface area contributed by atoms with Gasteiger partial charge in [-0.2, -0.15) is 9.78 Å². The minimum absolute atomic E-state index is 0.184. The summed E-state index contributed by atoms with van der Waals surface area (Å²) in [6.07, 6.45) is 4.22. The summed E-state index contributed by atoms with van der Waals surface area (Å²) in [5.41, 5.74) is 7.06. The predicted molar refractivity (Wildman–Crippen MR) is 66.7 cm³/mol. The molecule has 0 aromatic carbocycles. The lowest BCUT2D eigenvalue weighted by atomic mass is 9.91. The van der Waals surface area contributed by atoms with Crippen LogP contribution in [0.15, 0.2) is 24.5 Å². The van der Waals surface area contributed by atoms with Crippen molar-refractivity contribution in [3.8, 4) is 5.95 Å². The monoisotopic (exact) mass is 231 g/mol. The Morgan fingerprint density at radius 2 is 1.88 bits per heavy atom. The number of anilines is 1. The van der Waals surface area contributed by atoms with Crippen LogP contribution in [0, 0.1) is 5.41 Å². The van der Waals surface area contributed by atoms with E-state index in [2.05, 4.69) is 35.8 Å². The summed E-state index contributed by atoms with van der Waals surface area (Å²) in [7, 11) is 0. The maximum Gasteiger partial charge on any atom is 0.252 e. The van der Waals surface area contributed by atoms with Crippen molar-refractivity contribution in [2.45, 2.75) is 27.2 Å². The first-order valence-electron chi connectivity index (χ1n) is 5.57. The zero-order valence-electron chi connectivity index (χ0n) is 10.4. The molecular formula is C12H17N5. The van der Waals surface area contributed by atoms with Crippen molar-refractivity contribution >= 4 is 5.82 Å². The van der Waals surface area contributed by atoms with Crippen LogP contribution in [0.5, 0.6) is 0 Å². The molecule has 90 valence electrons. The van der Waals surface area contributed by atoms with Crippen molar-refractivity contribution in [1.29, 1.82) is 0 Å². The van der Waals surface area contributed by atoms with Crippen LogP contribution in [-0.2, 0) is 6.42 Å². The Bertz CT molecular complexity index is 495. The van der Waals surface area contributed by atoms with Gasteiger partial charge in [-0.05, 0) is 17.9 Å². The maximum atomic E-state index is 5.91. The fourth-order valence-electron chi connectivity index (χ4n) is 1.64. The molecule has 2 aromatic rings. The minimum atomic E-state index is 0.184. The second-order valence-corrected chi connectivity index (χ2v) is 5.26. The molecule has 2 heterocycles. The summed E-state index contributed by atoms with van der Waals surface area (Å²) < 4.78 is 1.57. The van der Waals surface area contributed by atoms with Crippen LogP contribution < -0.4 is 5.73 Å². The van der Waals surface area contributed by atoms with E-state index in [1.807, 2.05) is 6.07 Å². The van der Waals surface area contributed by atoms with Gasteiger partial charge in [-0.3, -0.25) is 0 Å². The van der Waals surface area contributed by atoms with Gasteiger partial charge >= 0.3 is 0 Å². The zero-order valence-corrected chi connectivity index (χ0v) is 10.4. The van der Waals surface area contributed by atoms with Gasteiger partial charge in [0.15, 0.2) is 0 Å². The van der Waals surface area contributed by atoms with E-state index in [9.17, 15) is 0 Å². The Morgan fingerprint density at radius 1 is 1.24 bits per heavy atom. The molecule has 5 heteroatoms. The van der Waals surface area contributed by atoms with Gasteiger partial charge in [-0.25, -0.2) is 9.97 Å². The summed E-state index contributed by atoms with van der Waals surface area (Å²) in [6, 6.07) is 3.64. The highest BCUT2D eigenvalue weighted by molar-refractivity contribution is 5.36. The van der Waals surface area contributed by atoms with E-state index in [1.54, 1.807) is 23.1 Å².